The molecule has 2 aromatic carbocycles. The predicted molar refractivity (Wildman–Crippen MR) is 84.9 cm³/mol. The molecule has 2 aromatic rings. The molecule has 0 radical (unpaired) electrons. The van der Waals surface area contributed by atoms with Crippen molar-refractivity contribution >= 4 is 27.5 Å². The second-order valence-electron chi connectivity index (χ2n) is 4.57. The van der Waals surface area contributed by atoms with E-state index in [1.165, 1.54) is 11.8 Å². The lowest BCUT2D eigenvalue weighted by Gasteiger charge is -2.13. The summed E-state index contributed by atoms with van der Waals surface area (Å²) < 4.78 is 27.7. The van der Waals surface area contributed by atoms with Gasteiger partial charge in [0.2, 0.25) is 0 Å². The summed E-state index contributed by atoms with van der Waals surface area (Å²) in [5.74, 6) is 0. The molecule has 0 unspecified atom stereocenters. The Morgan fingerprint density at radius 2 is 1.75 bits per heavy atom. The quantitative estimate of drug-likeness (QED) is 0.873. The molecule has 106 valence electrons. The average molecular weight is 307 g/mol. The minimum absolute atomic E-state index is 0.327. The topological polar surface area (TPSA) is 46.2 Å². The molecular formula is C15H17NO2S2. The number of para-hydroxylation sites is 1. The largest absolute Gasteiger partial charge is 0.278 e. The summed E-state index contributed by atoms with van der Waals surface area (Å²) in [7, 11) is -3.56. The third kappa shape index (κ3) is 3.16. The van der Waals surface area contributed by atoms with Crippen molar-refractivity contribution in [2.45, 2.75) is 23.6 Å². The van der Waals surface area contributed by atoms with E-state index in [1.807, 2.05) is 43.5 Å². The van der Waals surface area contributed by atoms with E-state index in [-0.39, 0.29) is 0 Å². The molecule has 0 aliphatic carbocycles. The Hall–Kier alpha value is -1.46. The molecule has 0 aromatic heterocycles. The number of hydrogen-bond acceptors (Lipinski definition) is 3. The summed E-state index contributed by atoms with van der Waals surface area (Å²) in [6.45, 7) is 3.68. The van der Waals surface area contributed by atoms with E-state index in [9.17, 15) is 8.42 Å². The number of anilines is 1. The van der Waals surface area contributed by atoms with E-state index in [1.54, 1.807) is 19.1 Å². The van der Waals surface area contributed by atoms with Crippen molar-refractivity contribution in [2.75, 3.05) is 11.0 Å². The molecule has 0 spiro atoms. The van der Waals surface area contributed by atoms with Crippen LogP contribution in [-0.4, -0.2) is 14.7 Å². The maximum atomic E-state index is 12.5. The lowest BCUT2D eigenvalue weighted by Crippen LogP contribution is -2.15. The summed E-state index contributed by atoms with van der Waals surface area (Å²) in [4.78, 5) is 1.23. The van der Waals surface area contributed by atoms with Crippen LogP contribution >= 0.6 is 11.8 Å². The molecule has 0 atom stereocenters. The standard InChI is InChI=1S/C15H17NO2S2/c1-11-8-9-12(2)15(10-11)20(17,18)16-13-6-4-5-7-14(13)19-3/h4-10,16H,1-3H3. The number of hydrogen-bond donors (Lipinski definition) is 1. The van der Waals surface area contributed by atoms with Gasteiger partial charge in [0.1, 0.15) is 0 Å². The minimum Gasteiger partial charge on any atom is -0.278 e. The van der Waals surface area contributed by atoms with Crippen LogP contribution in [0.25, 0.3) is 0 Å². The van der Waals surface area contributed by atoms with E-state index < -0.39 is 10.0 Å². The fourth-order valence-electron chi connectivity index (χ4n) is 1.93. The van der Waals surface area contributed by atoms with Gasteiger partial charge in [-0.25, -0.2) is 8.42 Å². The van der Waals surface area contributed by atoms with Crippen LogP contribution in [-0.2, 0) is 10.0 Å². The van der Waals surface area contributed by atoms with Crippen LogP contribution in [0.5, 0.6) is 0 Å². The molecule has 0 saturated carbocycles. The zero-order valence-electron chi connectivity index (χ0n) is 11.7. The van der Waals surface area contributed by atoms with Crippen molar-refractivity contribution in [3.05, 3.63) is 53.6 Å². The highest BCUT2D eigenvalue weighted by Gasteiger charge is 2.18. The molecule has 5 heteroatoms. The minimum atomic E-state index is -3.56. The first kappa shape index (κ1) is 14.9. The highest BCUT2D eigenvalue weighted by Crippen LogP contribution is 2.28. The van der Waals surface area contributed by atoms with E-state index in [4.69, 9.17) is 0 Å². The molecule has 3 nitrogen and oxygen atoms in total. The van der Waals surface area contributed by atoms with Crippen molar-refractivity contribution in [1.29, 1.82) is 0 Å². The second kappa shape index (κ2) is 5.89. The van der Waals surface area contributed by atoms with Crippen molar-refractivity contribution in [1.82, 2.24) is 0 Å². The van der Waals surface area contributed by atoms with Gasteiger partial charge in [0.25, 0.3) is 10.0 Å². The highest BCUT2D eigenvalue weighted by atomic mass is 32.2. The molecule has 0 saturated heterocycles. The summed E-state index contributed by atoms with van der Waals surface area (Å²) in [6.07, 6.45) is 1.92. The van der Waals surface area contributed by atoms with Crippen LogP contribution in [0.15, 0.2) is 52.3 Å². The number of thioether (sulfide) groups is 1. The smallest absolute Gasteiger partial charge is 0.262 e. The molecule has 0 amide bonds. The average Bonchev–Trinajstić information content (AvgIpc) is 2.41. The van der Waals surface area contributed by atoms with Gasteiger partial charge in [-0.1, -0.05) is 24.3 Å². The normalized spacial score (nSPS) is 11.3. The van der Waals surface area contributed by atoms with Crippen molar-refractivity contribution in [3.63, 3.8) is 0 Å². The SMILES string of the molecule is CSc1ccccc1NS(=O)(=O)c1cc(C)ccc1C. The third-order valence-electron chi connectivity index (χ3n) is 2.98. The van der Waals surface area contributed by atoms with Crippen LogP contribution in [0.1, 0.15) is 11.1 Å². The van der Waals surface area contributed by atoms with E-state index >= 15 is 0 Å². The maximum absolute atomic E-state index is 12.5. The zero-order valence-corrected chi connectivity index (χ0v) is 13.3. The fraction of sp³-hybridized carbons (Fsp3) is 0.200. The summed E-state index contributed by atoms with van der Waals surface area (Å²) in [6, 6.07) is 12.8. The number of nitrogens with one attached hydrogen (secondary N) is 1. The van der Waals surface area contributed by atoms with Crippen LogP contribution in [0.2, 0.25) is 0 Å². The molecule has 0 aliphatic rings. The fourth-order valence-corrected chi connectivity index (χ4v) is 3.95. The van der Waals surface area contributed by atoms with E-state index in [2.05, 4.69) is 4.72 Å². The Labute approximate surface area is 124 Å². The van der Waals surface area contributed by atoms with Crippen molar-refractivity contribution < 1.29 is 8.42 Å². The first-order valence-corrected chi connectivity index (χ1v) is 8.88. The molecule has 0 bridgehead atoms. The Balaban J connectivity index is 2.43. The summed E-state index contributed by atoms with van der Waals surface area (Å²) in [5, 5.41) is 0. The van der Waals surface area contributed by atoms with Crippen LogP contribution in [0, 0.1) is 13.8 Å². The number of benzene rings is 2. The van der Waals surface area contributed by atoms with Gasteiger partial charge in [0.15, 0.2) is 0 Å². The number of sulfonamides is 1. The van der Waals surface area contributed by atoms with Gasteiger partial charge in [0, 0.05) is 4.90 Å². The first-order valence-electron chi connectivity index (χ1n) is 6.17. The molecule has 2 rings (SSSR count). The Morgan fingerprint density at radius 3 is 2.45 bits per heavy atom. The Kier molecular flexibility index (Phi) is 4.40. The monoisotopic (exact) mass is 307 g/mol. The van der Waals surface area contributed by atoms with Crippen LogP contribution < -0.4 is 4.72 Å². The van der Waals surface area contributed by atoms with Gasteiger partial charge in [-0.3, -0.25) is 4.72 Å². The summed E-state index contributed by atoms with van der Waals surface area (Å²) in [5.41, 5.74) is 2.28. The number of rotatable bonds is 4. The van der Waals surface area contributed by atoms with Crippen molar-refractivity contribution in [2.24, 2.45) is 0 Å². The van der Waals surface area contributed by atoms with E-state index in [0.29, 0.717) is 10.6 Å². The summed E-state index contributed by atoms with van der Waals surface area (Å²) >= 11 is 1.51. The Bertz CT molecular complexity index is 724. The van der Waals surface area contributed by atoms with Crippen LogP contribution in [0.3, 0.4) is 0 Å². The zero-order chi connectivity index (χ0) is 14.8. The molecule has 0 heterocycles. The molecule has 0 fully saturated rings. The molecular weight excluding hydrogens is 290 g/mol. The van der Waals surface area contributed by atoms with Gasteiger partial charge in [-0.2, -0.15) is 0 Å². The van der Waals surface area contributed by atoms with Gasteiger partial charge in [-0.15, -0.1) is 11.8 Å². The van der Waals surface area contributed by atoms with Gasteiger partial charge in [-0.05, 0) is 49.4 Å². The molecule has 1 N–H and O–H groups in total. The lowest BCUT2D eigenvalue weighted by atomic mass is 10.2. The lowest BCUT2D eigenvalue weighted by molar-refractivity contribution is 0.600. The van der Waals surface area contributed by atoms with E-state index in [0.717, 1.165) is 16.0 Å². The Morgan fingerprint density at radius 1 is 1.05 bits per heavy atom. The van der Waals surface area contributed by atoms with Crippen molar-refractivity contribution in [3.8, 4) is 0 Å². The highest BCUT2D eigenvalue weighted by molar-refractivity contribution is 7.99. The van der Waals surface area contributed by atoms with Gasteiger partial charge < -0.3 is 0 Å². The van der Waals surface area contributed by atoms with Crippen LogP contribution in [0.4, 0.5) is 5.69 Å². The predicted octanol–water partition coefficient (Wildman–Crippen LogP) is 3.83. The third-order valence-corrected chi connectivity index (χ3v) is 5.29. The maximum Gasteiger partial charge on any atom is 0.262 e. The second-order valence-corrected chi connectivity index (χ2v) is 7.07. The molecule has 20 heavy (non-hydrogen) atoms. The first-order chi connectivity index (χ1) is 9.44. The van der Waals surface area contributed by atoms with Gasteiger partial charge >= 0.3 is 0 Å². The molecule has 0 aliphatic heterocycles. The number of aryl methyl sites for hydroxylation is 2. The van der Waals surface area contributed by atoms with Gasteiger partial charge in [0.05, 0.1) is 10.6 Å².